The van der Waals surface area contributed by atoms with Gasteiger partial charge < -0.3 is 14.2 Å². The van der Waals surface area contributed by atoms with Gasteiger partial charge in [-0.2, -0.15) is 0 Å². The lowest BCUT2D eigenvalue weighted by Crippen LogP contribution is -2.33. The van der Waals surface area contributed by atoms with E-state index in [1.807, 2.05) is 25.9 Å². The van der Waals surface area contributed by atoms with Crippen LogP contribution in [0.1, 0.15) is 23.9 Å². The number of carbonyl (C=O) groups is 1. The first kappa shape index (κ1) is 12.8. The third-order valence-corrected chi connectivity index (χ3v) is 2.43. The van der Waals surface area contributed by atoms with Crippen LogP contribution in [0.25, 0.3) is 0 Å². The molecule has 0 fully saturated rings. The normalized spacial score (nSPS) is 10.8. The number of amides is 1. The summed E-state index contributed by atoms with van der Waals surface area (Å²) in [5, 5.41) is 0. The largest absolute Gasteiger partial charge is 0.459 e. The smallest absolute Gasteiger partial charge is 0.289 e. The summed E-state index contributed by atoms with van der Waals surface area (Å²) in [7, 11) is 4.06. The molecule has 0 aromatic carbocycles. The summed E-state index contributed by atoms with van der Waals surface area (Å²) in [5.74, 6) is 0.401. The zero-order valence-electron chi connectivity index (χ0n) is 10.3. The molecule has 1 rings (SSSR count). The van der Waals surface area contributed by atoms with Crippen LogP contribution < -0.4 is 0 Å². The fourth-order valence-electron chi connectivity index (χ4n) is 1.54. The minimum absolute atomic E-state index is 0.0220. The van der Waals surface area contributed by atoms with E-state index in [4.69, 9.17) is 4.42 Å². The van der Waals surface area contributed by atoms with Gasteiger partial charge in [0, 0.05) is 13.1 Å². The van der Waals surface area contributed by atoms with E-state index in [1.165, 1.54) is 6.26 Å². The molecule has 0 atom stereocenters. The number of hydrogen-bond acceptors (Lipinski definition) is 3. The second-order valence-corrected chi connectivity index (χ2v) is 4.02. The molecular weight excluding hydrogens is 204 g/mol. The zero-order valence-corrected chi connectivity index (χ0v) is 10.3. The molecule has 0 radical (unpaired) electrons. The van der Waals surface area contributed by atoms with Crippen LogP contribution in [0.3, 0.4) is 0 Å². The van der Waals surface area contributed by atoms with Gasteiger partial charge in [0.15, 0.2) is 5.76 Å². The van der Waals surface area contributed by atoms with Crippen molar-refractivity contribution in [3.05, 3.63) is 24.2 Å². The topological polar surface area (TPSA) is 36.7 Å². The van der Waals surface area contributed by atoms with E-state index in [-0.39, 0.29) is 5.91 Å². The fraction of sp³-hybridized carbons (Fsp3) is 0.583. The van der Waals surface area contributed by atoms with Crippen molar-refractivity contribution < 1.29 is 9.21 Å². The van der Waals surface area contributed by atoms with E-state index in [0.29, 0.717) is 12.3 Å². The highest BCUT2D eigenvalue weighted by atomic mass is 16.3. The van der Waals surface area contributed by atoms with E-state index in [2.05, 4.69) is 4.90 Å². The summed E-state index contributed by atoms with van der Waals surface area (Å²) >= 11 is 0. The molecular formula is C12H20N2O2. The summed E-state index contributed by atoms with van der Waals surface area (Å²) in [5.41, 5.74) is 0. The van der Waals surface area contributed by atoms with Crippen LogP contribution in [0.15, 0.2) is 22.8 Å². The molecule has 90 valence electrons. The minimum Gasteiger partial charge on any atom is -0.459 e. The number of hydrogen-bond donors (Lipinski definition) is 0. The van der Waals surface area contributed by atoms with Crippen molar-refractivity contribution >= 4 is 5.91 Å². The van der Waals surface area contributed by atoms with E-state index in [0.717, 1.165) is 19.5 Å². The van der Waals surface area contributed by atoms with Gasteiger partial charge in [-0.25, -0.2) is 0 Å². The van der Waals surface area contributed by atoms with Gasteiger partial charge in [0.05, 0.1) is 6.26 Å². The van der Waals surface area contributed by atoms with Crippen molar-refractivity contribution in [3.63, 3.8) is 0 Å². The van der Waals surface area contributed by atoms with E-state index in [1.54, 1.807) is 12.1 Å². The van der Waals surface area contributed by atoms with Gasteiger partial charge in [0.1, 0.15) is 0 Å². The molecule has 0 N–H and O–H groups in total. The molecule has 1 aromatic heterocycles. The Hall–Kier alpha value is -1.29. The maximum absolute atomic E-state index is 11.9. The molecule has 0 aliphatic rings. The number of carbonyl (C=O) groups excluding carboxylic acids is 1. The van der Waals surface area contributed by atoms with Crippen molar-refractivity contribution in [3.8, 4) is 0 Å². The second-order valence-electron chi connectivity index (χ2n) is 4.02. The standard InChI is InChI=1S/C12H20N2O2/c1-4-14(9-6-8-13(2)3)12(15)11-7-5-10-16-11/h5,7,10H,4,6,8-9H2,1-3H3. The first-order valence-corrected chi connectivity index (χ1v) is 5.62. The molecule has 1 heterocycles. The van der Waals surface area contributed by atoms with Crippen LogP contribution in [0.5, 0.6) is 0 Å². The van der Waals surface area contributed by atoms with E-state index in [9.17, 15) is 4.79 Å². The van der Waals surface area contributed by atoms with Gasteiger partial charge in [-0.3, -0.25) is 4.79 Å². The monoisotopic (exact) mass is 224 g/mol. The van der Waals surface area contributed by atoms with Crippen molar-refractivity contribution in [2.24, 2.45) is 0 Å². The lowest BCUT2D eigenvalue weighted by Gasteiger charge is -2.20. The van der Waals surface area contributed by atoms with Crippen molar-refractivity contribution in [1.29, 1.82) is 0 Å². The molecule has 0 aliphatic heterocycles. The van der Waals surface area contributed by atoms with Crippen molar-refractivity contribution in [2.45, 2.75) is 13.3 Å². The summed E-state index contributed by atoms with van der Waals surface area (Å²) < 4.78 is 5.10. The molecule has 0 saturated heterocycles. The summed E-state index contributed by atoms with van der Waals surface area (Å²) in [6, 6.07) is 3.44. The van der Waals surface area contributed by atoms with Crippen LogP contribution in [-0.2, 0) is 0 Å². The Morgan fingerprint density at radius 2 is 2.12 bits per heavy atom. The first-order valence-electron chi connectivity index (χ1n) is 5.62. The highest BCUT2D eigenvalue weighted by Crippen LogP contribution is 2.06. The van der Waals surface area contributed by atoms with Gasteiger partial charge >= 0.3 is 0 Å². The van der Waals surface area contributed by atoms with Crippen LogP contribution in [0, 0.1) is 0 Å². The third-order valence-electron chi connectivity index (χ3n) is 2.43. The number of furan rings is 1. The minimum atomic E-state index is -0.0220. The molecule has 0 bridgehead atoms. The molecule has 0 spiro atoms. The van der Waals surface area contributed by atoms with Gasteiger partial charge in [-0.1, -0.05) is 0 Å². The van der Waals surface area contributed by atoms with Crippen LogP contribution in [-0.4, -0.2) is 49.4 Å². The van der Waals surface area contributed by atoms with Gasteiger partial charge in [-0.05, 0) is 46.1 Å². The van der Waals surface area contributed by atoms with E-state index >= 15 is 0 Å². The molecule has 1 aromatic rings. The van der Waals surface area contributed by atoms with Gasteiger partial charge in [0.25, 0.3) is 5.91 Å². The fourth-order valence-corrected chi connectivity index (χ4v) is 1.54. The predicted octanol–water partition coefficient (Wildman–Crippen LogP) is 1.69. The average Bonchev–Trinajstić information content (AvgIpc) is 2.76. The first-order chi connectivity index (χ1) is 7.65. The molecule has 4 nitrogen and oxygen atoms in total. The Morgan fingerprint density at radius 1 is 1.38 bits per heavy atom. The van der Waals surface area contributed by atoms with Crippen molar-refractivity contribution in [1.82, 2.24) is 9.80 Å². The lowest BCUT2D eigenvalue weighted by atomic mass is 10.3. The Labute approximate surface area is 96.8 Å². The average molecular weight is 224 g/mol. The molecule has 4 heteroatoms. The zero-order chi connectivity index (χ0) is 12.0. The van der Waals surface area contributed by atoms with Crippen LogP contribution in [0.2, 0.25) is 0 Å². The molecule has 1 amide bonds. The Kier molecular flexibility index (Phi) is 5.05. The van der Waals surface area contributed by atoms with Gasteiger partial charge in [-0.15, -0.1) is 0 Å². The summed E-state index contributed by atoms with van der Waals surface area (Å²) in [4.78, 5) is 15.9. The highest BCUT2D eigenvalue weighted by Gasteiger charge is 2.15. The highest BCUT2D eigenvalue weighted by molar-refractivity contribution is 5.91. The Morgan fingerprint density at radius 3 is 2.62 bits per heavy atom. The number of nitrogens with zero attached hydrogens (tertiary/aromatic N) is 2. The predicted molar refractivity (Wildman–Crippen MR) is 63.5 cm³/mol. The Balaban J connectivity index is 2.45. The molecule has 0 unspecified atom stereocenters. The molecule has 0 saturated carbocycles. The third kappa shape index (κ3) is 3.70. The van der Waals surface area contributed by atoms with Crippen molar-refractivity contribution in [2.75, 3.05) is 33.7 Å². The summed E-state index contributed by atoms with van der Waals surface area (Å²) in [6.45, 7) is 4.46. The quantitative estimate of drug-likeness (QED) is 0.738. The molecule has 16 heavy (non-hydrogen) atoms. The lowest BCUT2D eigenvalue weighted by molar-refractivity contribution is 0.0727. The van der Waals surface area contributed by atoms with Crippen LogP contribution in [0.4, 0.5) is 0 Å². The summed E-state index contributed by atoms with van der Waals surface area (Å²) in [6.07, 6.45) is 2.51. The molecule has 0 aliphatic carbocycles. The van der Waals surface area contributed by atoms with E-state index < -0.39 is 0 Å². The Bertz CT molecular complexity index is 307. The van der Waals surface area contributed by atoms with Crippen LogP contribution >= 0.6 is 0 Å². The maximum Gasteiger partial charge on any atom is 0.289 e. The van der Waals surface area contributed by atoms with Gasteiger partial charge in [0.2, 0.25) is 0 Å². The second kappa shape index (κ2) is 6.33. The number of rotatable bonds is 6. The SMILES string of the molecule is CCN(CCCN(C)C)C(=O)c1ccco1. The maximum atomic E-state index is 11.9.